The van der Waals surface area contributed by atoms with Gasteiger partial charge in [-0.3, -0.25) is 4.79 Å². The highest BCUT2D eigenvalue weighted by Gasteiger charge is 2.17. The summed E-state index contributed by atoms with van der Waals surface area (Å²) in [7, 11) is 0. The van der Waals surface area contributed by atoms with Gasteiger partial charge >= 0.3 is 0 Å². The maximum Gasteiger partial charge on any atom is 0.170 e. The first-order valence-corrected chi connectivity index (χ1v) is 6.53. The lowest BCUT2D eigenvalue weighted by atomic mass is 10.0. The van der Waals surface area contributed by atoms with E-state index in [1.807, 2.05) is 0 Å². The number of aromatic hydroxyl groups is 4. The SMILES string of the molecule is O=C(CCCc1ccc(O)cc1)c1c(O)cc(O)cc1O. The summed E-state index contributed by atoms with van der Waals surface area (Å²) < 4.78 is 0. The summed E-state index contributed by atoms with van der Waals surface area (Å²) in [5, 5.41) is 37.6. The van der Waals surface area contributed by atoms with Gasteiger partial charge in [-0.1, -0.05) is 12.1 Å². The number of ketones is 1. The summed E-state index contributed by atoms with van der Waals surface area (Å²) in [6.07, 6.45) is 1.35. The highest BCUT2D eigenvalue weighted by molar-refractivity contribution is 6.01. The van der Waals surface area contributed by atoms with Crippen molar-refractivity contribution in [3.8, 4) is 23.0 Å². The molecule has 5 heteroatoms. The molecule has 2 aromatic carbocycles. The largest absolute Gasteiger partial charge is 0.508 e. The maximum atomic E-state index is 12.0. The Kier molecular flexibility index (Phi) is 4.33. The van der Waals surface area contributed by atoms with E-state index in [0.29, 0.717) is 12.8 Å². The molecule has 0 heterocycles. The van der Waals surface area contributed by atoms with Crippen molar-refractivity contribution in [2.45, 2.75) is 19.3 Å². The fraction of sp³-hybridized carbons (Fsp3) is 0.188. The van der Waals surface area contributed by atoms with Gasteiger partial charge < -0.3 is 20.4 Å². The third kappa shape index (κ3) is 3.66. The minimum absolute atomic E-state index is 0.159. The van der Waals surface area contributed by atoms with Crippen molar-refractivity contribution < 1.29 is 25.2 Å². The highest BCUT2D eigenvalue weighted by Crippen LogP contribution is 2.33. The van der Waals surface area contributed by atoms with Gasteiger partial charge in [0.1, 0.15) is 28.6 Å². The Bertz CT molecular complexity index is 623. The van der Waals surface area contributed by atoms with Gasteiger partial charge in [-0.15, -0.1) is 0 Å². The number of carbonyl (C=O) groups excluding carboxylic acids is 1. The molecule has 2 rings (SSSR count). The minimum atomic E-state index is -0.429. The number of benzene rings is 2. The molecule has 0 atom stereocenters. The molecular formula is C16H16O5. The number of phenolic OH excluding ortho intramolecular Hbond substituents is 4. The molecule has 0 saturated heterocycles. The van der Waals surface area contributed by atoms with Crippen molar-refractivity contribution in [1.29, 1.82) is 0 Å². The first-order chi connectivity index (χ1) is 9.97. The van der Waals surface area contributed by atoms with E-state index >= 15 is 0 Å². The molecule has 0 fully saturated rings. The lowest BCUT2D eigenvalue weighted by molar-refractivity contribution is 0.0975. The highest BCUT2D eigenvalue weighted by atomic mass is 16.3. The summed E-state index contributed by atoms with van der Waals surface area (Å²) in [6, 6.07) is 8.74. The normalized spacial score (nSPS) is 10.5. The number of phenols is 4. The van der Waals surface area contributed by atoms with E-state index in [1.54, 1.807) is 24.3 Å². The smallest absolute Gasteiger partial charge is 0.170 e. The number of Topliss-reactive ketones (excluding diaryl/α,β-unsaturated/α-hetero) is 1. The zero-order valence-electron chi connectivity index (χ0n) is 11.3. The fourth-order valence-electron chi connectivity index (χ4n) is 2.12. The topological polar surface area (TPSA) is 98.0 Å². The Labute approximate surface area is 121 Å². The molecule has 0 aliphatic heterocycles. The van der Waals surface area contributed by atoms with Crippen molar-refractivity contribution in [3.63, 3.8) is 0 Å². The summed E-state index contributed by atoms with van der Waals surface area (Å²) in [5.74, 6) is -1.35. The molecule has 0 saturated carbocycles. The van der Waals surface area contributed by atoms with Crippen molar-refractivity contribution >= 4 is 5.78 Å². The molecule has 21 heavy (non-hydrogen) atoms. The average molecular weight is 288 g/mol. The van der Waals surface area contributed by atoms with E-state index in [2.05, 4.69) is 0 Å². The fourth-order valence-corrected chi connectivity index (χ4v) is 2.12. The Balaban J connectivity index is 1.98. The lowest BCUT2D eigenvalue weighted by Gasteiger charge is -2.07. The molecule has 0 amide bonds. The van der Waals surface area contributed by atoms with Gasteiger partial charge in [0.05, 0.1) is 0 Å². The van der Waals surface area contributed by atoms with Crippen LogP contribution in [0.2, 0.25) is 0 Å². The van der Waals surface area contributed by atoms with E-state index < -0.39 is 11.5 Å². The number of aryl methyl sites for hydroxylation is 1. The number of carbonyl (C=O) groups is 1. The quantitative estimate of drug-likeness (QED) is 0.634. The molecular weight excluding hydrogens is 272 g/mol. The Morgan fingerprint density at radius 2 is 1.43 bits per heavy atom. The van der Waals surface area contributed by atoms with Crippen LogP contribution in [-0.4, -0.2) is 26.2 Å². The van der Waals surface area contributed by atoms with E-state index in [0.717, 1.165) is 17.7 Å². The monoisotopic (exact) mass is 288 g/mol. The van der Waals surface area contributed by atoms with Crippen molar-refractivity contribution in [2.75, 3.05) is 0 Å². The van der Waals surface area contributed by atoms with Crippen LogP contribution in [-0.2, 0) is 6.42 Å². The molecule has 0 aromatic heterocycles. The molecule has 0 aliphatic carbocycles. The molecule has 0 radical (unpaired) electrons. The Morgan fingerprint density at radius 3 is 2.00 bits per heavy atom. The first-order valence-electron chi connectivity index (χ1n) is 6.53. The lowest BCUT2D eigenvalue weighted by Crippen LogP contribution is -2.01. The zero-order chi connectivity index (χ0) is 15.4. The standard InChI is InChI=1S/C16H16O5/c17-11-6-4-10(5-7-11)2-1-3-13(19)16-14(20)8-12(18)9-15(16)21/h4-9,17-18,20-21H,1-3H2. The molecule has 0 unspecified atom stereocenters. The summed E-state index contributed by atoms with van der Waals surface area (Å²) in [6.45, 7) is 0. The van der Waals surface area contributed by atoms with Gasteiger partial charge in [0.25, 0.3) is 0 Å². The second-order valence-corrected chi connectivity index (χ2v) is 4.80. The van der Waals surface area contributed by atoms with Crippen LogP contribution in [0.25, 0.3) is 0 Å². The van der Waals surface area contributed by atoms with Crippen LogP contribution in [0.1, 0.15) is 28.8 Å². The van der Waals surface area contributed by atoms with Crippen molar-refractivity contribution in [3.05, 3.63) is 47.5 Å². The minimum Gasteiger partial charge on any atom is -0.508 e. The summed E-state index contributed by atoms with van der Waals surface area (Å²) in [4.78, 5) is 12.0. The number of hydrogen-bond donors (Lipinski definition) is 4. The second-order valence-electron chi connectivity index (χ2n) is 4.80. The third-order valence-corrected chi connectivity index (χ3v) is 3.17. The van der Waals surface area contributed by atoms with E-state index in [4.69, 9.17) is 0 Å². The summed E-state index contributed by atoms with van der Waals surface area (Å²) in [5.41, 5.74) is 0.818. The first kappa shape index (κ1) is 14.7. The third-order valence-electron chi connectivity index (χ3n) is 3.17. The number of rotatable bonds is 5. The van der Waals surface area contributed by atoms with Crippen LogP contribution < -0.4 is 0 Å². The number of hydrogen-bond acceptors (Lipinski definition) is 5. The van der Waals surface area contributed by atoms with Crippen LogP contribution in [0.15, 0.2) is 36.4 Å². The molecule has 0 aliphatic rings. The van der Waals surface area contributed by atoms with Gasteiger partial charge in [-0.05, 0) is 30.5 Å². The van der Waals surface area contributed by atoms with Gasteiger partial charge in [0.2, 0.25) is 0 Å². The molecule has 2 aromatic rings. The van der Waals surface area contributed by atoms with E-state index in [-0.39, 0.29) is 29.3 Å². The van der Waals surface area contributed by atoms with E-state index in [1.165, 1.54) is 0 Å². The van der Waals surface area contributed by atoms with Crippen LogP contribution in [0.5, 0.6) is 23.0 Å². The second kappa shape index (κ2) is 6.17. The molecule has 110 valence electrons. The Morgan fingerprint density at radius 1 is 0.857 bits per heavy atom. The predicted octanol–water partition coefficient (Wildman–Crippen LogP) is 2.71. The Hall–Kier alpha value is -2.69. The summed E-state index contributed by atoms with van der Waals surface area (Å²) >= 11 is 0. The van der Waals surface area contributed by atoms with Crippen molar-refractivity contribution in [1.82, 2.24) is 0 Å². The van der Waals surface area contributed by atoms with Gasteiger partial charge in [0.15, 0.2) is 5.78 Å². The van der Waals surface area contributed by atoms with Crippen LogP contribution in [0, 0.1) is 0 Å². The van der Waals surface area contributed by atoms with Gasteiger partial charge in [0, 0.05) is 18.6 Å². The molecule has 4 N–H and O–H groups in total. The van der Waals surface area contributed by atoms with Crippen LogP contribution in [0.3, 0.4) is 0 Å². The molecule has 0 bridgehead atoms. The van der Waals surface area contributed by atoms with Gasteiger partial charge in [-0.25, -0.2) is 0 Å². The van der Waals surface area contributed by atoms with E-state index in [9.17, 15) is 25.2 Å². The van der Waals surface area contributed by atoms with Gasteiger partial charge in [-0.2, -0.15) is 0 Å². The maximum absolute atomic E-state index is 12.0. The average Bonchev–Trinajstić information content (AvgIpc) is 2.40. The van der Waals surface area contributed by atoms with Crippen molar-refractivity contribution in [2.24, 2.45) is 0 Å². The predicted molar refractivity (Wildman–Crippen MR) is 76.8 cm³/mol. The molecule has 5 nitrogen and oxygen atoms in total. The van der Waals surface area contributed by atoms with Crippen LogP contribution in [0.4, 0.5) is 0 Å². The zero-order valence-corrected chi connectivity index (χ0v) is 11.3. The van der Waals surface area contributed by atoms with Crippen LogP contribution >= 0.6 is 0 Å². The molecule has 0 spiro atoms.